The number of carbonyl (C=O) groups is 2. The van der Waals surface area contributed by atoms with Crippen molar-refractivity contribution in [2.75, 3.05) is 11.9 Å². The van der Waals surface area contributed by atoms with Crippen molar-refractivity contribution in [1.82, 2.24) is 15.5 Å². The van der Waals surface area contributed by atoms with Gasteiger partial charge in [0.05, 0.1) is 23.6 Å². The molecule has 9 nitrogen and oxygen atoms in total. The van der Waals surface area contributed by atoms with E-state index in [1.165, 1.54) is 0 Å². The summed E-state index contributed by atoms with van der Waals surface area (Å²) in [6.07, 6.45) is -0.629. The summed E-state index contributed by atoms with van der Waals surface area (Å²) in [5.74, 6) is -0.345. The minimum atomic E-state index is -0.567. The van der Waals surface area contributed by atoms with Crippen molar-refractivity contribution in [2.24, 2.45) is 5.16 Å². The lowest BCUT2D eigenvalue weighted by atomic mass is 10.1. The van der Waals surface area contributed by atoms with Crippen LogP contribution in [0.25, 0.3) is 0 Å². The van der Waals surface area contributed by atoms with Gasteiger partial charge in [0.2, 0.25) is 0 Å². The molecular weight excluding hydrogens is 314 g/mol. The molecule has 0 spiro atoms. The second-order valence-corrected chi connectivity index (χ2v) is 6.62. The third-order valence-corrected chi connectivity index (χ3v) is 3.23. The fourth-order valence-electron chi connectivity index (χ4n) is 2.10. The topological polar surface area (TPSA) is 118 Å². The van der Waals surface area contributed by atoms with Crippen LogP contribution in [0.5, 0.6) is 0 Å². The van der Waals surface area contributed by atoms with Gasteiger partial charge in [-0.2, -0.15) is 5.10 Å². The number of alkyl carbamates (subject to hydrolysis) is 1. The lowest BCUT2D eigenvalue weighted by Crippen LogP contribution is -2.37. The van der Waals surface area contributed by atoms with E-state index in [2.05, 4.69) is 26.0 Å². The number of ether oxygens (including phenoxy) is 1. The smallest absolute Gasteiger partial charge is 0.407 e. The van der Waals surface area contributed by atoms with Gasteiger partial charge in [0.15, 0.2) is 6.10 Å². The van der Waals surface area contributed by atoms with Crippen LogP contribution in [0, 0.1) is 13.8 Å². The summed E-state index contributed by atoms with van der Waals surface area (Å²) < 4.78 is 5.14. The SMILES string of the molecule is Cc1n[nH]c(C)c1NC(=O)C1=NOC(CNC(=O)OC(C)(C)C)C1. The molecule has 0 aromatic carbocycles. The molecule has 0 saturated carbocycles. The second kappa shape index (κ2) is 6.90. The Kier molecular flexibility index (Phi) is 5.10. The first-order chi connectivity index (χ1) is 11.2. The Balaban J connectivity index is 1.80. The van der Waals surface area contributed by atoms with Crippen LogP contribution in [-0.4, -0.2) is 46.2 Å². The van der Waals surface area contributed by atoms with Gasteiger partial charge in [0.1, 0.15) is 11.3 Å². The van der Waals surface area contributed by atoms with Gasteiger partial charge < -0.3 is 20.2 Å². The maximum Gasteiger partial charge on any atom is 0.407 e. The third kappa shape index (κ3) is 4.71. The van der Waals surface area contributed by atoms with Crippen LogP contribution in [0.3, 0.4) is 0 Å². The molecule has 1 aromatic heterocycles. The van der Waals surface area contributed by atoms with Crippen LogP contribution in [-0.2, 0) is 14.4 Å². The first-order valence-corrected chi connectivity index (χ1v) is 7.68. The molecule has 1 atom stereocenters. The number of aryl methyl sites for hydroxylation is 2. The number of anilines is 1. The number of nitrogens with zero attached hydrogens (tertiary/aromatic N) is 2. The van der Waals surface area contributed by atoms with Crippen molar-refractivity contribution in [3.05, 3.63) is 11.4 Å². The molecule has 9 heteroatoms. The Morgan fingerprint density at radius 3 is 2.67 bits per heavy atom. The van der Waals surface area contributed by atoms with Crippen LogP contribution in [0.15, 0.2) is 5.16 Å². The van der Waals surface area contributed by atoms with E-state index in [0.717, 1.165) is 5.69 Å². The summed E-state index contributed by atoms with van der Waals surface area (Å²) in [7, 11) is 0. The Labute approximate surface area is 140 Å². The average Bonchev–Trinajstić information content (AvgIpc) is 3.05. The molecular formula is C15H23N5O4. The zero-order chi connectivity index (χ0) is 17.9. The highest BCUT2D eigenvalue weighted by molar-refractivity contribution is 6.43. The Bertz CT molecular complexity index is 640. The minimum absolute atomic E-state index is 0.207. The van der Waals surface area contributed by atoms with Crippen LogP contribution < -0.4 is 10.6 Å². The Hall–Kier alpha value is -2.58. The van der Waals surface area contributed by atoms with E-state index in [9.17, 15) is 9.59 Å². The largest absolute Gasteiger partial charge is 0.444 e. The second-order valence-electron chi connectivity index (χ2n) is 6.62. The molecule has 0 radical (unpaired) electrons. The van der Waals surface area contributed by atoms with E-state index in [4.69, 9.17) is 9.57 Å². The molecule has 0 aliphatic carbocycles. The predicted octanol–water partition coefficient (Wildman–Crippen LogP) is 1.63. The van der Waals surface area contributed by atoms with Gasteiger partial charge in [-0.15, -0.1) is 0 Å². The predicted molar refractivity (Wildman–Crippen MR) is 87.9 cm³/mol. The zero-order valence-electron chi connectivity index (χ0n) is 14.5. The normalized spacial score (nSPS) is 17.0. The molecule has 3 N–H and O–H groups in total. The van der Waals surface area contributed by atoms with E-state index in [1.807, 2.05) is 6.92 Å². The van der Waals surface area contributed by atoms with Gasteiger partial charge in [-0.3, -0.25) is 9.89 Å². The van der Waals surface area contributed by atoms with Gasteiger partial charge in [-0.1, -0.05) is 5.16 Å². The Morgan fingerprint density at radius 1 is 1.38 bits per heavy atom. The van der Waals surface area contributed by atoms with Gasteiger partial charge in [0, 0.05) is 6.42 Å². The lowest BCUT2D eigenvalue weighted by molar-refractivity contribution is -0.110. The number of hydrogen-bond acceptors (Lipinski definition) is 6. The highest BCUT2D eigenvalue weighted by Gasteiger charge is 2.28. The van der Waals surface area contributed by atoms with E-state index in [1.54, 1.807) is 27.7 Å². The lowest BCUT2D eigenvalue weighted by Gasteiger charge is -2.20. The quantitative estimate of drug-likeness (QED) is 0.772. The summed E-state index contributed by atoms with van der Waals surface area (Å²) in [6.45, 7) is 9.16. The number of oxime groups is 1. The maximum absolute atomic E-state index is 12.2. The molecule has 2 amide bonds. The molecule has 1 aliphatic rings. The molecule has 1 aromatic rings. The minimum Gasteiger partial charge on any atom is -0.444 e. The highest BCUT2D eigenvalue weighted by Crippen LogP contribution is 2.18. The summed E-state index contributed by atoms with van der Waals surface area (Å²) in [5.41, 5.74) is 1.80. The molecule has 2 heterocycles. The monoisotopic (exact) mass is 337 g/mol. The van der Waals surface area contributed by atoms with Crippen molar-refractivity contribution in [3.8, 4) is 0 Å². The van der Waals surface area contributed by atoms with E-state index < -0.39 is 17.8 Å². The molecule has 1 unspecified atom stereocenters. The van der Waals surface area contributed by atoms with Crippen LogP contribution in [0.1, 0.15) is 38.6 Å². The van der Waals surface area contributed by atoms with Crippen LogP contribution in [0.4, 0.5) is 10.5 Å². The zero-order valence-corrected chi connectivity index (χ0v) is 14.5. The number of H-pyrrole nitrogens is 1. The number of hydrogen-bond donors (Lipinski definition) is 3. The molecule has 1 aliphatic heterocycles. The van der Waals surface area contributed by atoms with Crippen molar-refractivity contribution in [3.63, 3.8) is 0 Å². The number of amides is 2. The van der Waals surface area contributed by atoms with Crippen molar-refractivity contribution >= 4 is 23.4 Å². The van der Waals surface area contributed by atoms with Gasteiger partial charge in [0.25, 0.3) is 5.91 Å². The van der Waals surface area contributed by atoms with Crippen molar-refractivity contribution in [1.29, 1.82) is 0 Å². The van der Waals surface area contributed by atoms with Gasteiger partial charge >= 0.3 is 6.09 Å². The van der Waals surface area contributed by atoms with Crippen molar-refractivity contribution in [2.45, 2.75) is 52.7 Å². The standard InChI is InChI=1S/C15H23N5O4/c1-8-12(9(2)19-18-8)17-13(21)11-6-10(24-20-11)7-16-14(22)23-15(3,4)5/h10H,6-7H2,1-5H3,(H,16,22)(H,17,21)(H,18,19). The number of rotatable bonds is 4. The molecule has 0 bridgehead atoms. The van der Waals surface area contributed by atoms with Crippen LogP contribution in [0.2, 0.25) is 0 Å². The summed E-state index contributed by atoms with van der Waals surface area (Å²) in [4.78, 5) is 29.0. The summed E-state index contributed by atoms with van der Waals surface area (Å²) >= 11 is 0. The van der Waals surface area contributed by atoms with Crippen LogP contribution >= 0.6 is 0 Å². The first kappa shape index (κ1) is 17.8. The molecule has 0 saturated heterocycles. The summed E-state index contributed by atoms with van der Waals surface area (Å²) in [5, 5.41) is 16.0. The fraction of sp³-hybridized carbons (Fsp3) is 0.600. The highest BCUT2D eigenvalue weighted by atomic mass is 16.6. The van der Waals surface area contributed by atoms with E-state index >= 15 is 0 Å². The number of aromatic amines is 1. The van der Waals surface area contributed by atoms with E-state index in [0.29, 0.717) is 17.8 Å². The van der Waals surface area contributed by atoms with Crippen molar-refractivity contribution < 1.29 is 19.2 Å². The molecule has 132 valence electrons. The molecule has 24 heavy (non-hydrogen) atoms. The van der Waals surface area contributed by atoms with Gasteiger partial charge in [-0.05, 0) is 34.6 Å². The number of nitrogens with one attached hydrogen (secondary N) is 3. The number of carbonyl (C=O) groups excluding carboxylic acids is 2. The van der Waals surface area contributed by atoms with Gasteiger partial charge in [-0.25, -0.2) is 4.79 Å². The maximum atomic E-state index is 12.2. The van der Waals surface area contributed by atoms with E-state index in [-0.39, 0.29) is 18.2 Å². The third-order valence-electron chi connectivity index (χ3n) is 3.23. The summed E-state index contributed by atoms with van der Waals surface area (Å²) in [6, 6.07) is 0. The average molecular weight is 337 g/mol. The Morgan fingerprint density at radius 2 is 2.08 bits per heavy atom. The molecule has 2 rings (SSSR count). The fourth-order valence-corrected chi connectivity index (χ4v) is 2.10. The first-order valence-electron chi connectivity index (χ1n) is 7.68. The number of aromatic nitrogens is 2. The molecule has 0 fully saturated rings.